The molecular weight excluding hydrogens is 262 g/mol. The third-order valence-corrected chi connectivity index (χ3v) is 5.29. The van der Waals surface area contributed by atoms with Crippen LogP contribution in [-0.4, -0.2) is 18.3 Å². The molecule has 1 aliphatic heterocycles. The minimum Gasteiger partial charge on any atom is -0.314 e. The summed E-state index contributed by atoms with van der Waals surface area (Å²) in [6, 6.07) is 9.57. The number of hydrogen-bond acceptors (Lipinski definition) is 2. The molecule has 2 unspecified atom stereocenters. The van der Waals surface area contributed by atoms with E-state index >= 15 is 0 Å². The van der Waals surface area contributed by atoms with E-state index in [1.54, 1.807) is 5.56 Å². The lowest BCUT2D eigenvalue weighted by atomic mass is 9.85. The van der Waals surface area contributed by atoms with Crippen molar-refractivity contribution in [1.29, 1.82) is 0 Å². The van der Waals surface area contributed by atoms with Crippen LogP contribution in [-0.2, 0) is 0 Å². The molecular formula is C18H29NS. The molecule has 1 aromatic carbocycles. The quantitative estimate of drug-likeness (QED) is 0.764. The molecule has 1 heterocycles. The van der Waals surface area contributed by atoms with Gasteiger partial charge >= 0.3 is 0 Å². The van der Waals surface area contributed by atoms with Gasteiger partial charge in [-0.2, -0.15) is 0 Å². The maximum atomic E-state index is 3.64. The van der Waals surface area contributed by atoms with Crippen LogP contribution in [0.2, 0.25) is 0 Å². The Hall–Kier alpha value is -0.470. The van der Waals surface area contributed by atoms with Crippen LogP contribution in [0, 0.1) is 11.8 Å². The van der Waals surface area contributed by atoms with Crippen molar-refractivity contribution >= 4 is 11.8 Å². The Morgan fingerprint density at radius 1 is 1.20 bits per heavy atom. The van der Waals surface area contributed by atoms with Crippen LogP contribution < -0.4 is 5.32 Å². The van der Waals surface area contributed by atoms with Gasteiger partial charge < -0.3 is 5.32 Å². The second kappa shape index (κ2) is 7.51. The van der Waals surface area contributed by atoms with E-state index in [2.05, 4.69) is 57.3 Å². The summed E-state index contributed by atoms with van der Waals surface area (Å²) in [4.78, 5) is 1.51. The first-order valence-electron chi connectivity index (χ1n) is 8.01. The van der Waals surface area contributed by atoms with Gasteiger partial charge in [-0.1, -0.05) is 45.9 Å². The molecule has 2 heteroatoms. The molecule has 0 radical (unpaired) electrons. The predicted octanol–water partition coefficient (Wildman–Crippen LogP) is 4.93. The number of hydrogen-bond donors (Lipinski definition) is 1. The Balaban J connectivity index is 1.97. The zero-order valence-corrected chi connectivity index (χ0v) is 14.2. The summed E-state index contributed by atoms with van der Waals surface area (Å²) in [5.41, 5.74) is 1.59. The summed E-state index contributed by atoms with van der Waals surface area (Å²) in [5, 5.41) is 3.64. The van der Waals surface area contributed by atoms with Gasteiger partial charge in [0.15, 0.2) is 0 Å². The van der Waals surface area contributed by atoms with E-state index in [4.69, 9.17) is 0 Å². The highest BCUT2D eigenvalue weighted by molar-refractivity contribution is 7.99. The molecule has 2 atom stereocenters. The molecule has 0 bridgehead atoms. The lowest BCUT2D eigenvalue weighted by Crippen LogP contribution is -2.30. The Morgan fingerprint density at radius 2 is 1.95 bits per heavy atom. The SMILES string of the molecule is CC(C)CC(CNC(C)C)CC1CSc2ccccc21. The van der Waals surface area contributed by atoms with Crippen LogP contribution in [0.25, 0.3) is 0 Å². The fraction of sp³-hybridized carbons (Fsp3) is 0.667. The molecule has 1 nitrogen and oxygen atoms in total. The van der Waals surface area contributed by atoms with E-state index in [9.17, 15) is 0 Å². The van der Waals surface area contributed by atoms with Crippen molar-refractivity contribution in [2.45, 2.75) is 57.4 Å². The summed E-state index contributed by atoms with van der Waals surface area (Å²) >= 11 is 2.04. The van der Waals surface area contributed by atoms with Crippen molar-refractivity contribution < 1.29 is 0 Å². The van der Waals surface area contributed by atoms with Gasteiger partial charge in [-0.05, 0) is 48.8 Å². The number of fused-ring (bicyclic) bond motifs is 1. The highest BCUT2D eigenvalue weighted by Crippen LogP contribution is 2.42. The Labute approximate surface area is 128 Å². The molecule has 20 heavy (non-hydrogen) atoms. The van der Waals surface area contributed by atoms with Gasteiger partial charge in [-0.3, -0.25) is 0 Å². The lowest BCUT2D eigenvalue weighted by molar-refractivity contribution is 0.341. The van der Waals surface area contributed by atoms with Gasteiger partial charge in [0.25, 0.3) is 0 Å². The predicted molar refractivity (Wildman–Crippen MR) is 90.6 cm³/mol. The summed E-state index contributed by atoms with van der Waals surface area (Å²) in [5.74, 6) is 3.62. The molecule has 0 spiro atoms. The van der Waals surface area contributed by atoms with E-state index in [1.165, 1.54) is 30.0 Å². The van der Waals surface area contributed by atoms with Crippen molar-refractivity contribution in [3.05, 3.63) is 29.8 Å². The smallest absolute Gasteiger partial charge is 0.0107 e. The average Bonchev–Trinajstić information content (AvgIpc) is 2.79. The molecule has 0 saturated heterocycles. The van der Waals surface area contributed by atoms with Gasteiger partial charge in [0, 0.05) is 16.7 Å². The monoisotopic (exact) mass is 291 g/mol. The van der Waals surface area contributed by atoms with E-state index in [0.29, 0.717) is 6.04 Å². The Kier molecular flexibility index (Phi) is 5.98. The van der Waals surface area contributed by atoms with Crippen LogP contribution in [0.1, 0.15) is 52.0 Å². The van der Waals surface area contributed by atoms with Crippen LogP contribution in [0.5, 0.6) is 0 Å². The highest BCUT2D eigenvalue weighted by atomic mass is 32.2. The maximum absolute atomic E-state index is 3.64. The molecule has 1 aromatic rings. The first kappa shape index (κ1) is 15.9. The molecule has 1 N–H and O–H groups in total. The lowest BCUT2D eigenvalue weighted by Gasteiger charge is -2.24. The van der Waals surface area contributed by atoms with Gasteiger partial charge in [-0.15, -0.1) is 11.8 Å². The second-order valence-electron chi connectivity index (χ2n) is 6.84. The van der Waals surface area contributed by atoms with Gasteiger partial charge in [0.1, 0.15) is 0 Å². The van der Waals surface area contributed by atoms with Gasteiger partial charge in [0.05, 0.1) is 0 Å². The molecule has 0 saturated carbocycles. The molecule has 0 aromatic heterocycles. The van der Waals surface area contributed by atoms with Crippen LogP contribution >= 0.6 is 11.8 Å². The topological polar surface area (TPSA) is 12.0 Å². The number of nitrogens with one attached hydrogen (secondary N) is 1. The van der Waals surface area contributed by atoms with Crippen molar-refractivity contribution in [1.82, 2.24) is 5.32 Å². The Morgan fingerprint density at radius 3 is 2.65 bits per heavy atom. The largest absolute Gasteiger partial charge is 0.314 e. The molecule has 112 valence electrons. The van der Waals surface area contributed by atoms with Gasteiger partial charge in [-0.25, -0.2) is 0 Å². The third-order valence-electron chi connectivity index (χ3n) is 4.04. The number of thioether (sulfide) groups is 1. The molecule has 1 aliphatic rings. The van der Waals surface area contributed by atoms with E-state index in [0.717, 1.165) is 17.8 Å². The summed E-state index contributed by atoms with van der Waals surface area (Å²) in [6.07, 6.45) is 2.67. The van der Waals surface area contributed by atoms with Gasteiger partial charge in [0.2, 0.25) is 0 Å². The van der Waals surface area contributed by atoms with E-state index in [1.807, 2.05) is 11.8 Å². The molecule has 2 rings (SSSR count). The Bertz CT molecular complexity index is 414. The molecule has 0 fully saturated rings. The third kappa shape index (κ3) is 4.53. The summed E-state index contributed by atoms with van der Waals surface area (Å²) in [7, 11) is 0. The van der Waals surface area contributed by atoms with Crippen molar-refractivity contribution in [3.63, 3.8) is 0 Å². The summed E-state index contributed by atoms with van der Waals surface area (Å²) in [6.45, 7) is 10.3. The zero-order valence-electron chi connectivity index (χ0n) is 13.4. The fourth-order valence-corrected chi connectivity index (χ4v) is 4.43. The maximum Gasteiger partial charge on any atom is 0.0107 e. The van der Waals surface area contributed by atoms with Crippen molar-refractivity contribution in [2.24, 2.45) is 11.8 Å². The molecule has 0 amide bonds. The van der Waals surface area contributed by atoms with Crippen LogP contribution in [0.15, 0.2) is 29.2 Å². The molecule has 0 aliphatic carbocycles. The normalized spacial score (nSPS) is 19.6. The second-order valence-corrected chi connectivity index (χ2v) is 7.90. The first-order chi connectivity index (χ1) is 9.56. The summed E-state index contributed by atoms with van der Waals surface area (Å²) < 4.78 is 0. The highest BCUT2D eigenvalue weighted by Gasteiger charge is 2.26. The zero-order chi connectivity index (χ0) is 14.5. The number of benzene rings is 1. The van der Waals surface area contributed by atoms with Crippen LogP contribution in [0.3, 0.4) is 0 Å². The minimum atomic E-state index is 0.593. The minimum absolute atomic E-state index is 0.593. The van der Waals surface area contributed by atoms with Crippen molar-refractivity contribution in [2.75, 3.05) is 12.3 Å². The standard InChI is InChI=1S/C18H29NS/c1-13(2)9-15(11-19-14(3)4)10-16-12-20-18-8-6-5-7-17(16)18/h5-8,13-16,19H,9-12H2,1-4H3. The average molecular weight is 292 g/mol. The van der Waals surface area contributed by atoms with Crippen LogP contribution in [0.4, 0.5) is 0 Å². The first-order valence-corrected chi connectivity index (χ1v) is 9.00. The van der Waals surface area contributed by atoms with E-state index in [-0.39, 0.29) is 0 Å². The van der Waals surface area contributed by atoms with E-state index < -0.39 is 0 Å². The number of rotatable bonds is 7. The van der Waals surface area contributed by atoms with Crippen molar-refractivity contribution in [3.8, 4) is 0 Å². The fourth-order valence-electron chi connectivity index (χ4n) is 3.16.